The lowest BCUT2D eigenvalue weighted by molar-refractivity contribution is 0.173. The van der Waals surface area contributed by atoms with Gasteiger partial charge in [0.1, 0.15) is 0 Å². The van der Waals surface area contributed by atoms with Gasteiger partial charge in [0.25, 0.3) is 0 Å². The predicted octanol–water partition coefficient (Wildman–Crippen LogP) is 3.20. The molecule has 66 valence electrons. The zero-order valence-corrected chi connectivity index (χ0v) is 8.93. The van der Waals surface area contributed by atoms with E-state index in [0.717, 1.165) is 16.5 Å². The lowest BCUT2D eigenvalue weighted by atomic mass is 10.1. The van der Waals surface area contributed by atoms with E-state index >= 15 is 0 Å². The molecule has 1 rings (SSSR count). The molecule has 0 saturated carbocycles. The highest BCUT2D eigenvalue weighted by Crippen LogP contribution is 2.27. The molecular weight excluding hydrogens is 216 g/mol. The van der Waals surface area contributed by atoms with Gasteiger partial charge in [-0.05, 0) is 24.5 Å². The first-order chi connectivity index (χ1) is 5.66. The summed E-state index contributed by atoms with van der Waals surface area (Å²) >= 11 is 3.46. The van der Waals surface area contributed by atoms with Crippen molar-refractivity contribution in [3.63, 3.8) is 0 Å². The third-order valence-electron chi connectivity index (χ3n) is 1.97. The van der Waals surface area contributed by atoms with Crippen molar-refractivity contribution in [3.8, 4) is 0 Å². The number of rotatable bonds is 2. The minimum atomic E-state index is -0.348. The molecule has 0 heterocycles. The van der Waals surface area contributed by atoms with Gasteiger partial charge in [0, 0.05) is 4.47 Å². The van der Waals surface area contributed by atoms with Gasteiger partial charge < -0.3 is 5.11 Å². The first kappa shape index (κ1) is 9.75. The summed E-state index contributed by atoms with van der Waals surface area (Å²) in [5.41, 5.74) is 2.15. The molecule has 2 heteroatoms. The molecule has 0 spiro atoms. The summed E-state index contributed by atoms with van der Waals surface area (Å²) in [4.78, 5) is 0. The minimum absolute atomic E-state index is 0.348. The van der Waals surface area contributed by atoms with Crippen LogP contribution in [0.1, 0.15) is 30.6 Å². The zero-order valence-electron chi connectivity index (χ0n) is 7.34. The van der Waals surface area contributed by atoms with Crippen molar-refractivity contribution in [2.75, 3.05) is 0 Å². The summed E-state index contributed by atoms with van der Waals surface area (Å²) in [6.45, 7) is 4.00. The van der Waals surface area contributed by atoms with E-state index in [1.54, 1.807) is 0 Å². The average Bonchev–Trinajstić information content (AvgIpc) is 2.08. The van der Waals surface area contributed by atoms with Gasteiger partial charge in [-0.2, -0.15) is 0 Å². The predicted molar refractivity (Wildman–Crippen MR) is 54.1 cm³/mol. The molecule has 1 aromatic rings. The fraction of sp³-hybridized carbons (Fsp3) is 0.400. The van der Waals surface area contributed by atoms with Gasteiger partial charge in [-0.3, -0.25) is 0 Å². The van der Waals surface area contributed by atoms with Gasteiger partial charge in [0.05, 0.1) is 6.10 Å². The lowest BCUT2D eigenvalue weighted by Crippen LogP contribution is -1.97. The quantitative estimate of drug-likeness (QED) is 0.825. The van der Waals surface area contributed by atoms with Crippen LogP contribution in [0.4, 0.5) is 0 Å². The van der Waals surface area contributed by atoms with Gasteiger partial charge >= 0.3 is 0 Å². The number of halogens is 1. The molecule has 0 radical (unpaired) electrons. The Bertz CT molecular complexity index is 271. The van der Waals surface area contributed by atoms with Crippen LogP contribution in [0, 0.1) is 6.92 Å². The maximum atomic E-state index is 9.60. The Morgan fingerprint density at radius 2 is 2.17 bits per heavy atom. The van der Waals surface area contributed by atoms with Crippen molar-refractivity contribution in [2.45, 2.75) is 26.4 Å². The van der Waals surface area contributed by atoms with Crippen LogP contribution >= 0.6 is 15.9 Å². The maximum Gasteiger partial charge on any atom is 0.0798 e. The molecule has 12 heavy (non-hydrogen) atoms. The molecule has 0 unspecified atom stereocenters. The molecule has 0 aliphatic carbocycles. The molecule has 0 aliphatic heterocycles. The number of aliphatic hydroxyl groups excluding tert-OH is 1. The molecule has 0 aromatic heterocycles. The van der Waals surface area contributed by atoms with Crippen molar-refractivity contribution in [3.05, 3.63) is 33.8 Å². The van der Waals surface area contributed by atoms with Gasteiger partial charge in [-0.25, -0.2) is 0 Å². The van der Waals surface area contributed by atoms with Gasteiger partial charge in [0.15, 0.2) is 0 Å². The Hall–Kier alpha value is -0.340. The summed E-state index contributed by atoms with van der Waals surface area (Å²) in [5, 5.41) is 9.60. The van der Waals surface area contributed by atoms with Crippen molar-refractivity contribution < 1.29 is 5.11 Å². The van der Waals surface area contributed by atoms with Crippen molar-refractivity contribution in [1.82, 2.24) is 0 Å². The zero-order chi connectivity index (χ0) is 9.14. The van der Waals surface area contributed by atoms with E-state index < -0.39 is 0 Å². The normalized spacial score (nSPS) is 13.0. The molecule has 0 saturated heterocycles. The van der Waals surface area contributed by atoms with Gasteiger partial charge in [0.2, 0.25) is 0 Å². The van der Waals surface area contributed by atoms with Crippen LogP contribution in [-0.2, 0) is 0 Å². The Labute approximate surface area is 81.6 Å². The van der Waals surface area contributed by atoms with Crippen LogP contribution in [-0.4, -0.2) is 5.11 Å². The van der Waals surface area contributed by atoms with Crippen LogP contribution in [0.3, 0.4) is 0 Å². The van der Waals surface area contributed by atoms with Gasteiger partial charge in [-0.1, -0.05) is 41.1 Å². The van der Waals surface area contributed by atoms with E-state index in [4.69, 9.17) is 0 Å². The van der Waals surface area contributed by atoms with E-state index in [1.165, 1.54) is 5.56 Å². The minimum Gasteiger partial charge on any atom is -0.388 e. The fourth-order valence-corrected chi connectivity index (χ4v) is 1.68. The second kappa shape index (κ2) is 4.06. The van der Waals surface area contributed by atoms with Gasteiger partial charge in [-0.15, -0.1) is 0 Å². The van der Waals surface area contributed by atoms with E-state index in [1.807, 2.05) is 32.0 Å². The largest absolute Gasteiger partial charge is 0.388 e. The van der Waals surface area contributed by atoms with E-state index in [-0.39, 0.29) is 6.10 Å². The van der Waals surface area contributed by atoms with Crippen LogP contribution in [0.2, 0.25) is 0 Å². The fourth-order valence-electron chi connectivity index (χ4n) is 1.15. The lowest BCUT2D eigenvalue weighted by Gasteiger charge is -2.11. The summed E-state index contributed by atoms with van der Waals surface area (Å²) in [7, 11) is 0. The maximum absolute atomic E-state index is 9.60. The van der Waals surface area contributed by atoms with Crippen LogP contribution in [0.25, 0.3) is 0 Å². The summed E-state index contributed by atoms with van der Waals surface area (Å²) in [5.74, 6) is 0. The Balaban J connectivity index is 3.07. The topological polar surface area (TPSA) is 20.2 Å². The second-order valence-electron chi connectivity index (χ2n) is 2.90. The molecule has 1 atom stereocenters. The number of hydrogen-bond acceptors (Lipinski definition) is 1. The number of aryl methyl sites for hydroxylation is 1. The van der Waals surface area contributed by atoms with Crippen molar-refractivity contribution >= 4 is 15.9 Å². The van der Waals surface area contributed by atoms with E-state index in [9.17, 15) is 5.11 Å². The molecule has 0 bridgehead atoms. The summed E-state index contributed by atoms with van der Waals surface area (Å²) in [6, 6.07) is 5.94. The highest BCUT2D eigenvalue weighted by atomic mass is 79.9. The van der Waals surface area contributed by atoms with Crippen molar-refractivity contribution in [2.24, 2.45) is 0 Å². The Morgan fingerprint density at radius 1 is 1.50 bits per heavy atom. The third kappa shape index (κ3) is 1.87. The first-order valence-electron chi connectivity index (χ1n) is 4.10. The first-order valence-corrected chi connectivity index (χ1v) is 4.89. The van der Waals surface area contributed by atoms with Crippen LogP contribution in [0.15, 0.2) is 22.7 Å². The van der Waals surface area contributed by atoms with Crippen LogP contribution < -0.4 is 0 Å². The van der Waals surface area contributed by atoms with Crippen LogP contribution in [0.5, 0.6) is 0 Å². The second-order valence-corrected chi connectivity index (χ2v) is 3.70. The highest BCUT2D eigenvalue weighted by molar-refractivity contribution is 9.10. The monoisotopic (exact) mass is 228 g/mol. The highest BCUT2D eigenvalue weighted by Gasteiger charge is 2.09. The van der Waals surface area contributed by atoms with E-state index in [2.05, 4.69) is 15.9 Å². The Morgan fingerprint density at radius 3 is 2.75 bits per heavy atom. The SMILES string of the molecule is CC[C@@H](O)c1cccc(C)c1Br. The number of aliphatic hydroxyl groups is 1. The average molecular weight is 229 g/mol. The smallest absolute Gasteiger partial charge is 0.0798 e. The molecule has 1 nitrogen and oxygen atoms in total. The molecule has 0 fully saturated rings. The van der Waals surface area contributed by atoms with Crippen molar-refractivity contribution in [1.29, 1.82) is 0 Å². The molecule has 0 aliphatic rings. The third-order valence-corrected chi connectivity index (χ3v) is 3.05. The van der Waals surface area contributed by atoms with E-state index in [0.29, 0.717) is 0 Å². The standard InChI is InChI=1S/C10H13BrO/c1-3-9(12)8-6-4-5-7(2)10(8)11/h4-6,9,12H,3H2,1-2H3/t9-/m1/s1. The number of benzene rings is 1. The molecular formula is C10H13BrO. The Kier molecular flexibility index (Phi) is 3.29. The number of hydrogen-bond donors (Lipinski definition) is 1. The summed E-state index contributed by atoms with van der Waals surface area (Å²) in [6.07, 6.45) is 0.404. The molecule has 1 aromatic carbocycles. The summed E-state index contributed by atoms with van der Waals surface area (Å²) < 4.78 is 1.03. The molecule has 0 amide bonds. The molecule has 1 N–H and O–H groups in total.